The molecule has 0 fully saturated rings. The zero-order valence-electron chi connectivity index (χ0n) is 11.5. The fourth-order valence-corrected chi connectivity index (χ4v) is 2.30. The van der Waals surface area contributed by atoms with Gasteiger partial charge in [0.15, 0.2) is 0 Å². The Balaban J connectivity index is 2.14. The lowest BCUT2D eigenvalue weighted by Crippen LogP contribution is -2.01. The van der Waals surface area contributed by atoms with Gasteiger partial charge in [-0.2, -0.15) is 0 Å². The standard InChI is InChI=1S/C16H17BrFNO/c1-10-3-15(4-11(2)16(10)17)20-9-13-5-12(8-19)6-14(18)7-13/h3-7H,8-9,19H2,1-2H3. The first-order chi connectivity index (χ1) is 9.49. The highest BCUT2D eigenvalue weighted by atomic mass is 79.9. The van der Waals surface area contributed by atoms with Crippen LogP contribution in [0.4, 0.5) is 4.39 Å². The molecule has 0 spiro atoms. The molecule has 0 radical (unpaired) electrons. The van der Waals surface area contributed by atoms with E-state index in [1.165, 1.54) is 12.1 Å². The van der Waals surface area contributed by atoms with Crippen molar-refractivity contribution in [2.45, 2.75) is 27.0 Å². The Morgan fingerprint density at radius 1 is 1.05 bits per heavy atom. The molecule has 0 unspecified atom stereocenters. The van der Waals surface area contributed by atoms with E-state index in [2.05, 4.69) is 15.9 Å². The molecule has 0 aromatic heterocycles. The molecule has 0 aliphatic rings. The zero-order valence-corrected chi connectivity index (χ0v) is 13.1. The molecule has 0 aliphatic heterocycles. The molecule has 0 saturated heterocycles. The van der Waals surface area contributed by atoms with E-state index in [-0.39, 0.29) is 5.82 Å². The second kappa shape index (κ2) is 6.37. The largest absolute Gasteiger partial charge is 0.489 e. The first kappa shape index (κ1) is 15.0. The molecule has 2 rings (SSSR count). The second-order valence-electron chi connectivity index (χ2n) is 4.83. The van der Waals surface area contributed by atoms with Gasteiger partial charge in [-0.05, 0) is 60.4 Å². The highest BCUT2D eigenvalue weighted by Gasteiger charge is 2.05. The summed E-state index contributed by atoms with van der Waals surface area (Å²) in [7, 11) is 0. The zero-order chi connectivity index (χ0) is 14.7. The third-order valence-electron chi connectivity index (χ3n) is 3.07. The Hall–Kier alpha value is -1.39. The molecule has 0 amide bonds. The van der Waals surface area contributed by atoms with E-state index in [0.717, 1.165) is 32.5 Å². The number of benzene rings is 2. The van der Waals surface area contributed by atoms with Crippen molar-refractivity contribution >= 4 is 15.9 Å². The molecule has 0 atom stereocenters. The van der Waals surface area contributed by atoms with Crippen molar-refractivity contribution in [1.82, 2.24) is 0 Å². The normalized spacial score (nSPS) is 10.7. The van der Waals surface area contributed by atoms with Crippen LogP contribution in [-0.4, -0.2) is 0 Å². The molecule has 2 nitrogen and oxygen atoms in total. The van der Waals surface area contributed by atoms with E-state index in [9.17, 15) is 4.39 Å². The summed E-state index contributed by atoms with van der Waals surface area (Å²) in [5.41, 5.74) is 9.32. The van der Waals surface area contributed by atoms with Crippen molar-refractivity contribution in [2.75, 3.05) is 0 Å². The van der Waals surface area contributed by atoms with Gasteiger partial charge in [-0.15, -0.1) is 0 Å². The third kappa shape index (κ3) is 3.58. The van der Waals surface area contributed by atoms with Crippen LogP contribution in [0.1, 0.15) is 22.3 Å². The summed E-state index contributed by atoms with van der Waals surface area (Å²) in [6.45, 7) is 4.67. The second-order valence-corrected chi connectivity index (χ2v) is 5.62. The molecular weight excluding hydrogens is 321 g/mol. The van der Waals surface area contributed by atoms with Crippen LogP contribution < -0.4 is 10.5 Å². The van der Waals surface area contributed by atoms with Crippen LogP contribution in [0.5, 0.6) is 5.75 Å². The smallest absolute Gasteiger partial charge is 0.123 e. The van der Waals surface area contributed by atoms with Gasteiger partial charge in [-0.25, -0.2) is 4.39 Å². The Bertz CT molecular complexity index is 605. The lowest BCUT2D eigenvalue weighted by molar-refractivity contribution is 0.305. The summed E-state index contributed by atoms with van der Waals surface area (Å²) in [6.07, 6.45) is 0. The number of halogens is 2. The lowest BCUT2D eigenvalue weighted by atomic mass is 10.1. The van der Waals surface area contributed by atoms with Crippen molar-refractivity contribution in [3.8, 4) is 5.75 Å². The van der Waals surface area contributed by atoms with E-state index < -0.39 is 0 Å². The van der Waals surface area contributed by atoms with Crippen molar-refractivity contribution in [2.24, 2.45) is 5.73 Å². The fourth-order valence-electron chi connectivity index (χ4n) is 2.07. The van der Waals surface area contributed by atoms with Gasteiger partial charge in [0, 0.05) is 11.0 Å². The number of hydrogen-bond donors (Lipinski definition) is 1. The molecule has 20 heavy (non-hydrogen) atoms. The number of aryl methyl sites for hydroxylation is 2. The summed E-state index contributed by atoms with van der Waals surface area (Å²) < 4.78 is 20.2. The Morgan fingerprint density at radius 3 is 2.25 bits per heavy atom. The first-order valence-electron chi connectivity index (χ1n) is 6.37. The van der Waals surface area contributed by atoms with E-state index in [4.69, 9.17) is 10.5 Å². The number of hydrogen-bond acceptors (Lipinski definition) is 2. The van der Waals surface area contributed by atoms with Gasteiger partial charge in [0.25, 0.3) is 0 Å². The van der Waals surface area contributed by atoms with Gasteiger partial charge >= 0.3 is 0 Å². The fraction of sp³-hybridized carbons (Fsp3) is 0.250. The van der Waals surface area contributed by atoms with Crippen LogP contribution in [0.25, 0.3) is 0 Å². The van der Waals surface area contributed by atoms with Crippen LogP contribution in [0.15, 0.2) is 34.8 Å². The predicted octanol–water partition coefficient (Wildman–Crippen LogP) is 4.24. The molecule has 2 N–H and O–H groups in total. The maximum absolute atomic E-state index is 13.4. The summed E-state index contributed by atoms with van der Waals surface area (Å²) in [6, 6.07) is 8.69. The molecular formula is C16H17BrFNO. The molecule has 106 valence electrons. The summed E-state index contributed by atoms with van der Waals surface area (Å²) in [4.78, 5) is 0. The highest BCUT2D eigenvalue weighted by Crippen LogP contribution is 2.26. The van der Waals surface area contributed by atoms with Crippen molar-refractivity contribution in [3.63, 3.8) is 0 Å². The molecule has 0 saturated carbocycles. The van der Waals surface area contributed by atoms with Gasteiger partial charge in [-0.3, -0.25) is 0 Å². The van der Waals surface area contributed by atoms with Crippen molar-refractivity contribution in [1.29, 1.82) is 0 Å². The van der Waals surface area contributed by atoms with Crippen molar-refractivity contribution < 1.29 is 9.13 Å². The van der Waals surface area contributed by atoms with E-state index >= 15 is 0 Å². The van der Waals surface area contributed by atoms with E-state index in [1.54, 1.807) is 0 Å². The lowest BCUT2D eigenvalue weighted by Gasteiger charge is -2.11. The Morgan fingerprint density at radius 2 is 1.65 bits per heavy atom. The van der Waals surface area contributed by atoms with Gasteiger partial charge in [0.1, 0.15) is 18.2 Å². The summed E-state index contributed by atoms with van der Waals surface area (Å²) in [5, 5.41) is 0. The monoisotopic (exact) mass is 337 g/mol. The number of rotatable bonds is 4. The average Bonchev–Trinajstić information content (AvgIpc) is 2.41. The first-order valence-corrected chi connectivity index (χ1v) is 7.17. The highest BCUT2D eigenvalue weighted by molar-refractivity contribution is 9.10. The van der Waals surface area contributed by atoms with Gasteiger partial charge in [-0.1, -0.05) is 22.0 Å². The third-order valence-corrected chi connectivity index (χ3v) is 4.32. The summed E-state index contributed by atoms with van der Waals surface area (Å²) >= 11 is 3.52. The topological polar surface area (TPSA) is 35.2 Å². The Kier molecular flexibility index (Phi) is 4.78. The van der Waals surface area contributed by atoms with Crippen LogP contribution >= 0.6 is 15.9 Å². The van der Waals surface area contributed by atoms with Crippen LogP contribution in [0, 0.1) is 19.7 Å². The van der Waals surface area contributed by atoms with Gasteiger partial charge < -0.3 is 10.5 Å². The quantitative estimate of drug-likeness (QED) is 0.905. The summed E-state index contributed by atoms with van der Waals surface area (Å²) in [5.74, 6) is 0.497. The molecule has 0 heterocycles. The van der Waals surface area contributed by atoms with Gasteiger partial charge in [0.05, 0.1) is 0 Å². The molecule has 0 bridgehead atoms. The number of nitrogens with two attached hydrogens (primary N) is 1. The van der Waals surface area contributed by atoms with Crippen LogP contribution in [0.2, 0.25) is 0 Å². The Labute approximate surface area is 126 Å². The maximum Gasteiger partial charge on any atom is 0.123 e. The maximum atomic E-state index is 13.4. The molecule has 2 aromatic carbocycles. The van der Waals surface area contributed by atoms with E-state index in [0.29, 0.717) is 13.2 Å². The van der Waals surface area contributed by atoms with Crippen LogP contribution in [0.3, 0.4) is 0 Å². The van der Waals surface area contributed by atoms with Crippen molar-refractivity contribution in [3.05, 3.63) is 62.9 Å². The van der Waals surface area contributed by atoms with E-state index in [1.807, 2.05) is 32.0 Å². The minimum atomic E-state index is -0.283. The minimum Gasteiger partial charge on any atom is -0.489 e. The van der Waals surface area contributed by atoms with Gasteiger partial charge in [0.2, 0.25) is 0 Å². The minimum absolute atomic E-state index is 0.283. The molecule has 4 heteroatoms. The predicted molar refractivity (Wildman–Crippen MR) is 82.2 cm³/mol. The SMILES string of the molecule is Cc1cc(OCc2cc(F)cc(CN)c2)cc(C)c1Br. The molecule has 0 aliphatic carbocycles. The average molecular weight is 338 g/mol. The molecule has 2 aromatic rings. The number of ether oxygens (including phenoxy) is 1. The van der Waals surface area contributed by atoms with Crippen LogP contribution in [-0.2, 0) is 13.2 Å².